The van der Waals surface area contributed by atoms with Crippen molar-refractivity contribution in [1.29, 1.82) is 0 Å². The minimum atomic E-state index is -0.513. The second-order valence-electron chi connectivity index (χ2n) is 4.31. The van der Waals surface area contributed by atoms with Crippen LogP contribution in [0.15, 0.2) is 30.3 Å². The Hall–Kier alpha value is -2.34. The fourth-order valence-corrected chi connectivity index (χ4v) is 1.97. The van der Waals surface area contributed by atoms with Gasteiger partial charge in [-0.15, -0.1) is 0 Å². The van der Waals surface area contributed by atoms with Gasteiger partial charge in [0.05, 0.1) is 12.8 Å². The molecule has 1 aromatic heterocycles. The molecule has 1 heterocycles. The van der Waals surface area contributed by atoms with Gasteiger partial charge >= 0.3 is 5.97 Å². The van der Waals surface area contributed by atoms with E-state index in [2.05, 4.69) is 15.2 Å². The maximum atomic E-state index is 12.0. The molecule has 0 aliphatic rings. The molecule has 21 heavy (non-hydrogen) atoms. The van der Waals surface area contributed by atoms with Gasteiger partial charge in [0.15, 0.2) is 0 Å². The summed E-state index contributed by atoms with van der Waals surface area (Å²) in [6, 6.07) is 8.82. The van der Waals surface area contributed by atoms with E-state index in [0.717, 1.165) is 5.56 Å². The molecule has 2 aromatic rings. The average molecular weight is 308 g/mol. The predicted molar refractivity (Wildman–Crippen MR) is 78.0 cm³/mol. The summed E-state index contributed by atoms with van der Waals surface area (Å²) in [4.78, 5) is 23.0. The minimum Gasteiger partial charge on any atom is -0.468 e. The topological polar surface area (TPSA) is 73.2 Å². The SMILES string of the molecule is COC(=O)CNC(=O)c1cc(-c2cccc(Cl)c2)nn1C. The first-order valence-corrected chi connectivity index (χ1v) is 6.54. The van der Waals surface area contributed by atoms with Crippen LogP contribution in [0.25, 0.3) is 11.3 Å². The van der Waals surface area contributed by atoms with Crippen LogP contribution in [0.3, 0.4) is 0 Å². The number of nitrogens with zero attached hydrogens (tertiary/aromatic N) is 2. The smallest absolute Gasteiger partial charge is 0.325 e. The maximum Gasteiger partial charge on any atom is 0.325 e. The standard InChI is InChI=1S/C14H14ClN3O3/c1-18-12(14(20)16-8-13(19)21-2)7-11(17-18)9-4-3-5-10(15)6-9/h3-7H,8H2,1-2H3,(H,16,20). The molecule has 0 fully saturated rings. The van der Waals surface area contributed by atoms with E-state index in [9.17, 15) is 9.59 Å². The first kappa shape index (κ1) is 15.1. The number of nitrogens with one attached hydrogen (secondary N) is 1. The molecule has 1 aromatic carbocycles. The maximum absolute atomic E-state index is 12.0. The number of aromatic nitrogens is 2. The molecule has 0 aliphatic carbocycles. The fourth-order valence-electron chi connectivity index (χ4n) is 1.78. The molecule has 0 atom stereocenters. The number of carbonyl (C=O) groups is 2. The molecule has 0 spiro atoms. The van der Waals surface area contributed by atoms with E-state index < -0.39 is 11.9 Å². The Balaban J connectivity index is 2.19. The Labute approximate surface area is 126 Å². The van der Waals surface area contributed by atoms with Crippen molar-refractivity contribution in [2.24, 2.45) is 7.05 Å². The molecule has 0 saturated carbocycles. The Kier molecular flexibility index (Phi) is 4.59. The van der Waals surface area contributed by atoms with Gasteiger partial charge in [0.2, 0.25) is 0 Å². The molecule has 0 aliphatic heterocycles. The van der Waals surface area contributed by atoms with Crippen molar-refractivity contribution in [3.8, 4) is 11.3 Å². The van der Waals surface area contributed by atoms with Crippen molar-refractivity contribution in [1.82, 2.24) is 15.1 Å². The molecule has 2 rings (SSSR count). The number of hydrogen-bond acceptors (Lipinski definition) is 4. The third-order valence-electron chi connectivity index (χ3n) is 2.85. The number of carbonyl (C=O) groups excluding carboxylic acids is 2. The van der Waals surface area contributed by atoms with Crippen molar-refractivity contribution >= 4 is 23.5 Å². The van der Waals surface area contributed by atoms with Crippen molar-refractivity contribution < 1.29 is 14.3 Å². The van der Waals surface area contributed by atoms with Gasteiger partial charge in [-0.1, -0.05) is 23.7 Å². The fraction of sp³-hybridized carbons (Fsp3) is 0.214. The van der Waals surface area contributed by atoms with E-state index in [1.54, 1.807) is 25.2 Å². The molecule has 0 radical (unpaired) electrons. The lowest BCUT2D eigenvalue weighted by Gasteiger charge is -2.03. The van der Waals surface area contributed by atoms with Crippen molar-refractivity contribution in [2.75, 3.05) is 13.7 Å². The van der Waals surface area contributed by atoms with Crippen LogP contribution in [0.2, 0.25) is 5.02 Å². The van der Waals surface area contributed by atoms with Crippen molar-refractivity contribution in [2.45, 2.75) is 0 Å². The van der Waals surface area contributed by atoms with Gasteiger partial charge in [-0.3, -0.25) is 14.3 Å². The van der Waals surface area contributed by atoms with Gasteiger partial charge in [-0.2, -0.15) is 5.10 Å². The lowest BCUT2D eigenvalue weighted by Crippen LogP contribution is -2.31. The van der Waals surface area contributed by atoms with Crippen LogP contribution < -0.4 is 5.32 Å². The van der Waals surface area contributed by atoms with Crippen LogP contribution in [-0.4, -0.2) is 35.3 Å². The number of amides is 1. The molecule has 0 bridgehead atoms. The molecule has 110 valence electrons. The lowest BCUT2D eigenvalue weighted by molar-refractivity contribution is -0.139. The highest BCUT2D eigenvalue weighted by Gasteiger charge is 2.15. The number of aryl methyl sites for hydroxylation is 1. The van der Waals surface area contributed by atoms with Gasteiger partial charge in [-0.25, -0.2) is 0 Å². The molecule has 7 heteroatoms. The zero-order valence-corrected chi connectivity index (χ0v) is 12.3. The monoisotopic (exact) mass is 307 g/mol. The average Bonchev–Trinajstić information content (AvgIpc) is 2.86. The van der Waals surface area contributed by atoms with Crippen molar-refractivity contribution in [3.63, 3.8) is 0 Å². The highest BCUT2D eigenvalue weighted by Crippen LogP contribution is 2.22. The number of halogens is 1. The second-order valence-corrected chi connectivity index (χ2v) is 4.74. The van der Waals surface area contributed by atoms with Crippen molar-refractivity contribution in [3.05, 3.63) is 41.0 Å². The Morgan fingerprint density at radius 3 is 2.81 bits per heavy atom. The molecule has 0 saturated heterocycles. The van der Waals surface area contributed by atoms with Crippen LogP contribution >= 0.6 is 11.6 Å². The van der Waals surface area contributed by atoms with Gasteiger partial charge in [0.1, 0.15) is 12.2 Å². The zero-order chi connectivity index (χ0) is 15.4. The van der Waals surface area contributed by atoms with Crippen LogP contribution in [0.4, 0.5) is 0 Å². The van der Waals surface area contributed by atoms with Crippen LogP contribution in [0, 0.1) is 0 Å². The number of ether oxygens (including phenoxy) is 1. The van der Waals surface area contributed by atoms with E-state index in [1.165, 1.54) is 11.8 Å². The zero-order valence-electron chi connectivity index (χ0n) is 11.6. The highest BCUT2D eigenvalue weighted by atomic mass is 35.5. The molecule has 0 unspecified atom stereocenters. The number of methoxy groups -OCH3 is 1. The second kappa shape index (κ2) is 6.41. The molecule has 1 N–H and O–H groups in total. The Bertz CT molecular complexity index is 682. The van der Waals surface area contributed by atoms with Crippen LogP contribution in [0.1, 0.15) is 10.5 Å². The quantitative estimate of drug-likeness (QED) is 0.872. The normalized spacial score (nSPS) is 10.2. The summed E-state index contributed by atoms with van der Waals surface area (Å²) >= 11 is 5.94. The lowest BCUT2D eigenvalue weighted by atomic mass is 10.1. The van der Waals surface area contributed by atoms with E-state index >= 15 is 0 Å². The molecule has 6 nitrogen and oxygen atoms in total. The summed E-state index contributed by atoms with van der Waals surface area (Å²) in [5, 5.41) is 7.33. The number of esters is 1. The van der Waals surface area contributed by atoms with Crippen LogP contribution in [0.5, 0.6) is 0 Å². The number of benzene rings is 1. The van der Waals surface area contributed by atoms with Gasteiger partial charge < -0.3 is 10.1 Å². The largest absolute Gasteiger partial charge is 0.468 e. The number of hydrogen-bond donors (Lipinski definition) is 1. The third kappa shape index (κ3) is 3.61. The molecule has 1 amide bonds. The first-order valence-electron chi connectivity index (χ1n) is 6.16. The van der Waals surface area contributed by atoms with Gasteiger partial charge in [0, 0.05) is 17.6 Å². The summed E-state index contributed by atoms with van der Waals surface area (Å²) in [6.07, 6.45) is 0. The van der Waals surface area contributed by atoms with E-state index in [0.29, 0.717) is 16.4 Å². The molecular formula is C14H14ClN3O3. The summed E-state index contributed by atoms with van der Waals surface area (Å²) in [5.41, 5.74) is 1.78. The summed E-state index contributed by atoms with van der Waals surface area (Å²) in [5.74, 6) is -0.913. The van der Waals surface area contributed by atoms with E-state index in [4.69, 9.17) is 11.6 Å². The van der Waals surface area contributed by atoms with E-state index in [1.807, 2.05) is 12.1 Å². The summed E-state index contributed by atoms with van der Waals surface area (Å²) < 4.78 is 5.91. The number of rotatable bonds is 4. The van der Waals surface area contributed by atoms with Gasteiger partial charge in [-0.05, 0) is 18.2 Å². The first-order chi connectivity index (χ1) is 10.0. The minimum absolute atomic E-state index is 0.187. The van der Waals surface area contributed by atoms with Crippen LogP contribution in [-0.2, 0) is 16.6 Å². The Morgan fingerprint density at radius 1 is 1.38 bits per heavy atom. The molecular weight excluding hydrogens is 294 g/mol. The van der Waals surface area contributed by atoms with E-state index in [-0.39, 0.29) is 6.54 Å². The summed E-state index contributed by atoms with van der Waals surface area (Å²) in [7, 11) is 2.91. The third-order valence-corrected chi connectivity index (χ3v) is 3.09. The summed E-state index contributed by atoms with van der Waals surface area (Å²) in [6.45, 7) is -0.187. The van der Waals surface area contributed by atoms with Gasteiger partial charge in [0.25, 0.3) is 5.91 Å². The predicted octanol–water partition coefficient (Wildman–Crippen LogP) is 1.64. The highest BCUT2D eigenvalue weighted by molar-refractivity contribution is 6.30. The Morgan fingerprint density at radius 2 is 2.14 bits per heavy atom.